The van der Waals surface area contributed by atoms with Gasteiger partial charge in [-0.25, -0.2) is 0 Å². The molecule has 0 aliphatic carbocycles. The highest BCUT2D eigenvalue weighted by atomic mass is 32.1. The van der Waals surface area contributed by atoms with Gasteiger partial charge in [0, 0.05) is 17.7 Å². The van der Waals surface area contributed by atoms with Crippen LogP contribution in [0.15, 0.2) is 47.8 Å². The summed E-state index contributed by atoms with van der Waals surface area (Å²) in [6, 6.07) is 16.1. The number of nitrogens with zero attached hydrogens (tertiary/aromatic N) is 1. The second-order valence-corrected chi connectivity index (χ2v) is 8.27. The molecule has 0 atom stereocenters. The molecule has 0 saturated carbocycles. The SMILES string of the molecule is Cc1cc2ccsc2cc1-c1c2ccc(C(C)C)cc2cc(C)[n+]1C. The molecule has 0 spiro atoms. The number of rotatable bonds is 2. The molecule has 0 amide bonds. The predicted octanol–water partition coefficient (Wildman–Crippen LogP) is 6.29. The van der Waals surface area contributed by atoms with Gasteiger partial charge in [-0.3, -0.25) is 0 Å². The highest BCUT2D eigenvalue weighted by Crippen LogP contribution is 2.34. The largest absolute Gasteiger partial charge is 0.220 e. The van der Waals surface area contributed by atoms with Crippen molar-refractivity contribution in [2.75, 3.05) is 0 Å². The first-order valence-electron chi connectivity index (χ1n) is 8.87. The van der Waals surface area contributed by atoms with Crippen LogP contribution in [-0.2, 0) is 7.05 Å². The average Bonchev–Trinajstić information content (AvgIpc) is 3.02. The summed E-state index contributed by atoms with van der Waals surface area (Å²) in [6.45, 7) is 8.94. The molecule has 0 aliphatic heterocycles. The summed E-state index contributed by atoms with van der Waals surface area (Å²) in [7, 11) is 2.18. The first-order chi connectivity index (χ1) is 12.0. The van der Waals surface area contributed by atoms with Crippen molar-refractivity contribution in [3.63, 3.8) is 0 Å². The van der Waals surface area contributed by atoms with Crippen LogP contribution in [0.1, 0.15) is 36.6 Å². The van der Waals surface area contributed by atoms with Crippen LogP contribution in [0, 0.1) is 13.8 Å². The zero-order valence-corrected chi connectivity index (χ0v) is 16.4. The topological polar surface area (TPSA) is 3.88 Å². The number of hydrogen-bond donors (Lipinski definition) is 0. The molecule has 0 saturated heterocycles. The summed E-state index contributed by atoms with van der Waals surface area (Å²) in [6.07, 6.45) is 0. The molecule has 0 bridgehead atoms. The normalized spacial score (nSPS) is 11.8. The van der Waals surface area contributed by atoms with E-state index in [2.05, 4.69) is 87.2 Å². The van der Waals surface area contributed by atoms with Crippen LogP contribution in [0.3, 0.4) is 0 Å². The van der Waals surface area contributed by atoms with Crippen LogP contribution in [0.4, 0.5) is 0 Å². The lowest BCUT2D eigenvalue weighted by molar-refractivity contribution is -0.665. The van der Waals surface area contributed by atoms with Crippen molar-refractivity contribution in [1.29, 1.82) is 0 Å². The van der Waals surface area contributed by atoms with E-state index in [9.17, 15) is 0 Å². The maximum atomic E-state index is 2.36. The Morgan fingerprint density at radius 2 is 1.72 bits per heavy atom. The minimum atomic E-state index is 0.548. The van der Waals surface area contributed by atoms with Crippen LogP contribution in [0.25, 0.3) is 32.1 Å². The Morgan fingerprint density at radius 1 is 0.920 bits per heavy atom. The van der Waals surface area contributed by atoms with Gasteiger partial charge in [-0.2, -0.15) is 4.57 Å². The molecule has 0 fully saturated rings. The van der Waals surface area contributed by atoms with Crippen LogP contribution in [0.2, 0.25) is 0 Å². The van der Waals surface area contributed by atoms with E-state index in [0.717, 1.165) is 0 Å². The highest BCUT2D eigenvalue weighted by molar-refractivity contribution is 7.17. The quantitative estimate of drug-likeness (QED) is 0.376. The lowest BCUT2D eigenvalue weighted by Crippen LogP contribution is -2.35. The molecule has 2 aromatic carbocycles. The Balaban J connectivity index is 2.08. The van der Waals surface area contributed by atoms with E-state index in [-0.39, 0.29) is 0 Å². The Kier molecular flexibility index (Phi) is 3.88. The Bertz CT molecular complexity index is 1100. The van der Waals surface area contributed by atoms with Crippen molar-refractivity contribution >= 4 is 32.2 Å². The highest BCUT2D eigenvalue weighted by Gasteiger charge is 2.20. The minimum Gasteiger partial charge on any atom is -0.198 e. The van der Waals surface area contributed by atoms with Crippen molar-refractivity contribution < 1.29 is 4.57 Å². The number of thiophene rings is 1. The van der Waals surface area contributed by atoms with Gasteiger partial charge in [-0.15, -0.1) is 11.3 Å². The van der Waals surface area contributed by atoms with E-state index in [1.807, 2.05) is 11.3 Å². The number of aromatic nitrogens is 1. The van der Waals surface area contributed by atoms with Crippen molar-refractivity contribution in [1.82, 2.24) is 0 Å². The molecular weight excluding hydrogens is 322 g/mol. The fraction of sp³-hybridized carbons (Fsp3) is 0.261. The fourth-order valence-corrected chi connectivity index (χ4v) is 4.47. The molecule has 2 aromatic heterocycles. The summed E-state index contributed by atoms with van der Waals surface area (Å²) in [5.41, 5.74) is 6.68. The van der Waals surface area contributed by atoms with Crippen molar-refractivity contribution in [3.8, 4) is 11.3 Å². The van der Waals surface area contributed by atoms with Crippen molar-refractivity contribution in [2.45, 2.75) is 33.6 Å². The van der Waals surface area contributed by atoms with Crippen LogP contribution in [-0.4, -0.2) is 0 Å². The Labute approximate surface area is 153 Å². The molecule has 4 rings (SSSR count). The van der Waals surface area contributed by atoms with Gasteiger partial charge < -0.3 is 0 Å². The molecule has 0 unspecified atom stereocenters. The summed E-state index contributed by atoms with van der Waals surface area (Å²) >= 11 is 1.82. The number of fused-ring (bicyclic) bond motifs is 2. The molecular formula is C23H24NS+. The first-order valence-corrected chi connectivity index (χ1v) is 9.75. The standard InChI is InChI=1S/C23H24NS/c1-14(2)17-6-7-20-19(12-17)11-16(4)24(5)23(20)21-13-22-18(8-9-25-22)10-15(21)3/h6-14H,1-5H3/q+1. The molecule has 0 N–H and O–H groups in total. The van der Waals surface area contributed by atoms with E-state index >= 15 is 0 Å². The zero-order chi connectivity index (χ0) is 17.7. The molecule has 126 valence electrons. The van der Waals surface area contributed by atoms with Gasteiger partial charge in [0.2, 0.25) is 5.69 Å². The fourth-order valence-electron chi connectivity index (χ4n) is 3.66. The number of aryl methyl sites for hydroxylation is 2. The third-order valence-corrected chi connectivity index (χ3v) is 6.16. The first kappa shape index (κ1) is 16.3. The lowest BCUT2D eigenvalue weighted by Gasteiger charge is -2.12. The second-order valence-electron chi connectivity index (χ2n) is 7.32. The lowest BCUT2D eigenvalue weighted by atomic mass is 9.94. The van der Waals surface area contributed by atoms with Gasteiger partial charge in [-0.1, -0.05) is 26.0 Å². The molecule has 0 aliphatic rings. The van der Waals surface area contributed by atoms with E-state index in [4.69, 9.17) is 0 Å². The van der Waals surface area contributed by atoms with Crippen LogP contribution in [0.5, 0.6) is 0 Å². The molecule has 2 heterocycles. The molecule has 25 heavy (non-hydrogen) atoms. The third kappa shape index (κ3) is 2.65. The van der Waals surface area contributed by atoms with Crippen molar-refractivity contribution in [3.05, 3.63) is 64.7 Å². The van der Waals surface area contributed by atoms with Crippen LogP contribution >= 0.6 is 11.3 Å². The van der Waals surface area contributed by atoms with Gasteiger partial charge in [-0.05, 0) is 64.4 Å². The zero-order valence-electron chi connectivity index (χ0n) is 15.6. The summed E-state index contributed by atoms with van der Waals surface area (Å²) in [5, 5.41) is 6.18. The summed E-state index contributed by atoms with van der Waals surface area (Å²) in [5.74, 6) is 0.548. The predicted molar refractivity (Wildman–Crippen MR) is 110 cm³/mol. The van der Waals surface area contributed by atoms with Gasteiger partial charge in [0.25, 0.3) is 0 Å². The minimum absolute atomic E-state index is 0.548. The third-order valence-electron chi connectivity index (χ3n) is 5.28. The Morgan fingerprint density at radius 3 is 2.48 bits per heavy atom. The van der Waals surface area contributed by atoms with E-state index < -0.39 is 0 Å². The van der Waals surface area contributed by atoms with E-state index in [1.54, 1.807) is 0 Å². The van der Waals surface area contributed by atoms with E-state index in [0.29, 0.717) is 5.92 Å². The number of benzene rings is 2. The van der Waals surface area contributed by atoms with Crippen LogP contribution < -0.4 is 4.57 Å². The maximum absolute atomic E-state index is 2.36. The molecule has 1 nitrogen and oxygen atoms in total. The number of hydrogen-bond acceptors (Lipinski definition) is 1. The molecule has 4 aromatic rings. The summed E-state index contributed by atoms with van der Waals surface area (Å²) < 4.78 is 3.69. The second kappa shape index (κ2) is 5.96. The smallest absolute Gasteiger partial charge is 0.198 e. The summed E-state index contributed by atoms with van der Waals surface area (Å²) in [4.78, 5) is 0. The monoisotopic (exact) mass is 346 g/mol. The maximum Gasteiger partial charge on any atom is 0.220 e. The van der Waals surface area contributed by atoms with Gasteiger partial charge in [0.15, 0.2) is 5.69 Å². The van der Waals surface area contributed by atoms with Gasteiger partial charge in [0.05, 0.1) is 10.9 Å². The average molecular weight is 347 g/mol. The molecule has 0 radical (unpaired) electrons. The van der Waals surface area contributed by atoms with Gasteiger partial charge in [0.1, 0.15) is 7.05 Å². The molecule has 2 heteroatoms. The van der Waals surface area contributed by atoms with Crippen molar-refractivity contribution in [2.24, 2.45) is 7.05 Å². The van der Waals surface area contributed by atoms with Gasteiger partial charge >= 0.3 is 0 Å². The van der Waals surface area contributed by atoms with E-state index in [1.165, 1.54) is 48.9 Å². The number of pyridine rings is 1. The Hall–Kier alpha value is -2.19.